The Balaban J connectivity index is 4.17. The maximum Gasteiger partial charge on any atom is 0.255 e. The Hall–Kier alpha value is -1.18. The van der Waals surface area contributed by atoms with Crippen LogP contribution in [0.4, 0.5) is 8.78 Å². The summed E-state index contributed by atoms with van der Waals surface area (Å²) in [5.74, 6) is -1.34. The number of nitriles is 1. The lowest BCUT2D eigenvalue weighted by Gasteiger charge is -2.18. The SMILES string of the molecule is CCC(C#N)C(=O)N(C)CC(F)F. The third kappa shape index (κ3) is 3.83. The number of hydrogen-bond acceptors (Lipinski definition) is 2. The van der Waals surface area contributed by atoms with E-state index in [0.29, 0.717) is 6.42 Å². The molecule has 5 heteroatoms. The van der Waals surface area contributed by atoms with Crippen LogP contribution < -0.4 is 0 Å². The van der Waals surface area contributed by atoms with Crippen LogP contribution in [-0.2, 0) is 4.79 Å². The molecule has 1 atom stereocenters. The lowest BCUT2D eigenvalue weighted by atomic mass is 10.1. The first-order valence-corrected chi connectivity index (χ1v) is 3.95. The molecule has 1 unspecified atom stereocenters. The molecule has 0 fully saturated rings. The van der Waals surface area contributed by atoms with Gasteiger partial charge in [-0.1, -0.05) is 6.92 Å². The molecule has 0 heterocycles. The largest absolute Gasteiger partial charge is 0.339 e. The molecule has 0 bridgehead atoms. The van der Waals surface area contributed by atoms with Gasteiger partial charge >= 0.3 is 0 Å². The molecule has 1 amide bonds. The molecule has 3 nitrogen and oxygen atoms in total. The fraction of sp³-hybridized carbons (Fsp3) is 0.750. The fourth-order valence-corrected chi connectivity index (χ4v) is 0.884. The van der Waals surface area contributed by atoms with Crippen molar-refractivity contribution < 1.29 is 13.6 Å². The molecule has 0 saturated carbocycles. The highest BCUT2D eigenvalue weighted by Gasteiger charge is 2.21. The Kier molecular flexibility index (Phi) is 4.97. The van der Waals surface area contributed by atoms with Crippen molar-refractivity contribution in [2.24, 2.45) is 5.92 Å². The number of amides is 1. The third-order valence-electron chi connectivity index (χ3n) is 1.65. The average Bonchev–Trinajstić information content (AvgIpc) is 2.05. The fourth-order valence-electron chi connectivity index (χ4n) is 0.884. The standard InChI is InChI=1S/C8H12F2N2O/c1-3-6(4-11)8(13)12(2)5-7(9)10/h6-7H,3,5H2,1-2H3. The van der Waals surface area contributed by atoms with E-state index in [0.717, 1.165) is 4.90 Å². The van der Waals surface area contributed by atoms with Crippen LogP contribution in [0.3, 0.4) is 0 Å². The van der Waals surface area contributed by atoms with Gasteiger partial charge in [-0.3, -0.25) is 4.79 Å². The number of rotatable bonds is 4. The van der Waals surface area contributed by atoms with Crippen molar-refractivity contribution in [1.29, 1.82) is 5.26 Å². The lowest BCUT2D eigenvalue weighted by Crippen LogP contribution is -2.35. The van der Waals surface area contributed by atoms with Gasteiger partial charge in [-0.2, -0.15) is 5.26 Å². The molecule has 0 aromatic carbocycles. The molecule has 0 aromatic heterocycles. The van der Waals surface area contributed by atoms with Crippen molar-refractivity contribution in [1.82, 2.24) is 4.90 Å². The summed E-state index contributed by atoms with van der Waals surface area (Å²) in [7, 11) is 1.27. The van der Waals surface area contributed by atoms with E-state index in [1.54, 1.807) is 13.0 Å². The molecule has 0 radical (unpaired) electrons. The monoisotopic (exact) mass is 190 g/mol. The molecule has 74 valence electrons. The molecule has 0 aliphatic rings. The average molecular weight is 190 g/mol. The highest BCUT2D eigenvalue weighted by atomic mass is 19.3. The molecular formula is C8H12F2N2O. The Morgan fingerprint density at radius 3 is 2.46 bits per heavy atom. The van der Waals surface area contributed by atoms with Crippen LogP contribution in [0.2, 0.25) is 0 Å². The van der Waals surface area contributed by atoms with E-state index in [4.69, 9.17) is 5.26 Å². The number of carbonyl (C=O) groups is 1. The number of hydrogen-bond donors (Lipinski definition) is 0. The number of carbonyl (C=O) groups excluding carboxylic acids is 1. The van der Waals surface area contributed by atoms with Crippen molar-refractivity contribution in [3.05, 3.63) is 0 Å². The highest BCUT2D eigenvalue weighted by molar-refractivity contribution is 5.80. The van der Waals surface area contributed by atoms with Gasteiger partial charge in [-0.05, 0) is 6.42 Å². The lowest BCUT2D eigenvalue weighted by molar-refractivity contribution is -0.134. The second-order valence-electron chi connectivity index (χ2n) is 2.70. The molecule has 0 aliphatic heterocycles. The minimum absolute atomic E-state index is 0.350. The van der Waals surface area contributed by atoms with Crippen molar-refractivity contribution in [3.63, 3.8) is 0 Å². The van der Waals surface area contributed by atoms with Crippen LogP contribution in [0.25, 0.3) is 0 Å². The molecule has 0 rings (SSSR count). The van der Waals surface area contributed by atoms with Crippen LogP contribution in [0.5, 0.6) is 0 Å². The predicted molar refractivity (Wildman–Crippen MR) is 43.0 cm³/mol. The number of nitrogens with zero attached hydrogens (tertiary/aromatic N) is 2. The highest BCUT2D eigenvalue weighted by Crippen LogP contribution is 2.06. The van der Waals surface area contributed by atoms with Gasteiger partial charge in [0.2, 0.25) is 5.91 Å². The van der Waals surface area contributed by atoms with E-state index in [-0.39, 0.29) is 0 Å². The van der Waals surface area contributed by atoms with Gasteiger partial charge in [-0.15, -0.1) is 0 Å². The van der Waals surface area contributed by atoms with Crippen molar-refractivity contribution in [3.8, 4) is 6.07 Å². The Bertz CT molecular complexity index is 213. The van der Waals surface area contributed by atoms with E-state index in [1.165, 1.54) is 7.05 Å². The van der Waals surface area contributed by atoms with Gasteiger partial charge in [-0.25, -0.2) is 8.78 Å². The van der Waals surface area contributed by atoms with Gasteiger partial charge in [0, 0.05) is 7.05 Å². The molecule has 0 spiro atoms. The van der Waals surface area contributed by atoms with Crippen molar-refractivity contribution in [2.75, 3.05) is 13.6 Å². The molecular weight excluding hydrogens is 178 g/mol. The van der Waals surface area contributed by atoms with Crippen LogP contribution in [0.15, 0.2) is 0 Å². The van der Waals surface area contributed by atoms with Crippen LogP contribution >= 0.6 is 0 Å². The van der Waals surface area contributed by atoms with E-state index in [1.807, 2.05) is 0 Å². The van der Waals surface area contributed by atoms with Gasteiger partial charge in [0.1, 0.15) is 5.92 Å². The summed E-state index contributed by atoms with van der Waals surface area (Å²) in [5.41, 5.74) is 0. The molecule has 0 aliphatic carbocycles. The zero-order valence-electron chi connectivity index (χ0n) is 7.63. The topological polar surface area (TPSA) is 44.1 Å². The van der Waals surface area contributed by atoms with Crippen molar-refractivity contribution >= 4 is 5.91 Å². The van der Waals surface area contributed by atoms with E-state index in [9.17, 15) is 13.6 Å². The van der Waals surface area contributed by atoms with E-state index in [2.05, 4.69) is 0 Å². The normalized spacial score (nSPS) is 12.3. The van der Waals surface area contributed by atoms with Crippen LogP contribution in [-0.4, -0.2) is 30.8 Å². The number of alkyl halides is 2. The zero-order chi connectivity index (χ0) is 10.4. The zero-order valence-corrected chi connectivity index (χ0v) is 7.63. The molecule has 0 aromatic rings. The Labute approximate surface area is 75.9 Å². The maximum atomic E-state index is 11.8. The third-order valence-corrected chi connectivity index (χ3v) is 1.65. The first-order valence-electron chi connectivity index (χ1n) is 3.95. The molecule has 13 heavy (non-hydrogen) atoms. The Morgan fingerprint density at radius 1 is 1.62 bits per heavy atom. The van der Waals surface area contributed by atoms with Gasteiger partial charge in [0.15, 0.2) is 0 Å². The minimum Gasteiger partial charge on any atom is -0.339 e. The predicted octanol–water partition coefficient (Wildman–Crippen LogP) is 1.26. The van der Waals surface area contributed by atoms with E-state index < -0.39 is 24.8 Å². The smallest absolute Gasteiger partial charge is 0.255 e. The summed E-state index contributed by atoms with van der Waals surface area (Å²) in [6.45, 7) is 1.05. The second-order valence-corrected chi connectivity index (χ2v) is 2.70. The maximum absolute atomic E-state index is 11.8. The quantitative estimate of drug-likeness (QED) is 0.669. The second kappa shape index (κ2) is 5.46. The summed E-state index contributed by atoms with van der Waals surface area (Å²) in [6.07, 6.45) is -2.20. The molecule has 0 N–H and O–H groups in total. The summed E-state index contributed by atoms with van der Waals surface area (Å²) >= 11 is 0. The van der Waals surface area contributed by atoms with Gasteiger partial charge in [0.25, 0.3) is 6.43 Å². The molecule has 0 saturated heterocycles. The summed E-state index contributed by atoms with van der Waals surface area (Å²) in [4.78, 5) is 12.1. The van der Waals surface area contributed by atoms with Crippen molar-refractivity contribution in [2.45, 2.75) is 19.8 Å². The minimum atomic E-state index is -2.55. The Morgan fingerprint density at radius 2 is 2.15 bits per heavy atom. The summed E-state index contributed by atoms with van der Waals surface area (Å²) in [6, 6.07) is 1.77. The van der Waals surface area contributed by atoms with Gasteiger partial charge < -0.3 is 4.90 Å². The number of halogens is 2. The van der Waals surface area contributed by atoms with Crippen LogP contribution in [0.1, 0.15) is 13.3 Å². The summed E-state index contributed by atoms with van der Waals surface area (Å²) in [5, 5.41) is 8.49. The van der Waals surface area contributed by atoms with E-state index >= 15 is 0 Å². The first-order chi connectivity index (χ1) is 6.02. The van der Waals surface area contributed by atoms with Crippen LogP contribution in [0, 0.1) is 17.2 Å². The van der Waals surface area contributed by atoms with Gasteiger partial charge in [0.05, 0.1) is 12.6 Å². The first kappa shape index (κ1) is 11.8. The summed E-state index contributed by atoms with van der Waals surface area (Å²) < 4.78 is 23.7.